The van der Waals surface area contributed by atoms with Crippen molar-refractivity contribution in [3.8, 4) is 5.75 Å². The molecule has 1 heterocycles. The Kier molecular flexibility index (Phi) is 3.89. The second kappa shape index (κ2) is 5.41. The van der Waals surface area contributed by atoms with E-state index in [1.807, 2.05) is 24.3 Å². The first-order valence-corrected chi connectivity index (χ1v) is 6.36. The predicted molar refractivity (Wildman–Crippen MR) is 71.1 cm³/mol. The first-order valence-electron chi connectivity index (χ1n) is 6.36. The summed E-state index contributed by atoms with van der Waals surface area (Å²) in [7, 11) is 0. The van der Waals surface area contributed by atoms with E-state index >= 15 is 0 Å². The van der Waals surface area contributed by atoms with Crippen molar-refractivity contribution in [2.45, 2.75) is 13.8 Å². The van der Waals surface area contributed by atoms with E-state index in [2.05, 4.69) is 18.7 Å². The summed E-state index contributed by atoms with van der Waals surface area (Å²) in [5.41, 5.74) is 6.40. The monoisotopic (exact) mass is 234 g/mol. The number of rotatable bonds is 4. The number of benzene rings is 1. The van der Waals surface area contributed by atoms with E-state index in [1.54, 1.807) is 0 Å². The number of likely N-dealkylation sites (tertiary alicyclic amines) is 1. The normalized spacial score (nSPS) is 25.1. The summed E-state index contributed by atoms with van der Waals surface area (Å²) in [5.74, 6) is 2.53. The fourth-order valence-corrected chi connectivity index (χ4v) is 2.29. The molecule has 94 valence electrons. The molecule has 3 heteroatoms. The van der Waals surface area contributed by atoms with Gasteiger partial charge in [0.2, 0.25) is 0 Å². The zero-order valence-electron chi connectivity index (χ0n) is 10.7. The average Bonchev–Trinajstić information content (AvgIpc) is 2.61. The van der Waals surface area contributed by atoms with Gasteiger partial charge in [0, 0.05) is 25.3 Å². The van der Waals surface area contributed by atoms with Crippen LogP contribution in [0.2, 0.25) is 0 Å². The Bertz CT molecular complexity index is 340. The molecule has 2 atom stereocenters. The van der Waals surface area contributed by atoms with Crippen molar-refractivity contribution in [2.75, 3.05) is 32.0 Å². The van der Waals surface area contributed by atoms with E-state index in [9.17, 15) is 0 Å². The maximum atomic E-state index is 5.70. The van der Waals surface area contributed by atoms with Crippen LogP contribution in [0.25, 0.3) is 0 Å². The molecular weight excluding hydrogens is 212 g/mol. The molecule has 0 radical (unpaired) electrons. The van der Waals surface area contributed by atoms with Gasteiger partial charge < -0.3 is 10.5 Å². The maximum absolute atomic E-state index is 5.70. The molecule has 1 aliphatic heterocycles. The van der Waals surface area contributed by atoms with Crippen molar-refractivity contribution >= 4 is 5.69 Å². The van der Waals surface area contributed by atoms with Crippen molar-refractivity contribution in [3.05, 3.63) is 24.3 Å². The van der Waals surface area contributed by atoms with Gasteiger partial charge in [0.15, 0.2) is 0 Å². The minimum Gasteiger partial charge on any atom is -0.492 e. The molecule has 0 aliphatic carbocycles. The molecule has 2 rings (SSSR count). The van der Waals surface area contributed by atoms with Crippen LogP contribution in [-0.2, 0) is 0 Å². The SMILES string of the molecule is CC1CN(CCOc2ccc(N)cc2)CC1C. The number of nitrogen functional groups attached to an aromatic ring is 1. The zero-order valence-corrected chi connectivity index (χ0v) is 10.7. The summed E-state index contributed by atoms with van der Waals surface area (Å²) in [6.45, 7) is 8.82. The summed E-state index contributed by atoms with van der Waals surface area (Å²) >= 11 is 0. The molecule has 1 aromatic carbocycles. The Balaban J connectivity index is 1.71. The van der Waals surface area contributed by atoms with Gasteiger partial charge in [-0.2, -0.15) is 0 Å². The Morgan fingerprint density at radius 1 is 1.18 bits per heavy atom. The third-order valence-electron chi connectivity index (χ3n) is 3.62. The zero-order chi connectivity index (χ0) is 12.3. The second-order valence-electron chi connectivity index (χ2n) is 5.13. The van der Waals surface area contributed by atoms with Gasteiger partial charge in [0.1, 0.15) is 12.4 Å². The van der Waals surface area contributed by atoms with Crippen molar-refractivity contribution in [2.24, 2.45) is 11.8 Å². The van der Waals surface area contributed by atoms with Gasteiger partial charge in [-0.25, -0.2) is 0 Å². The molecule has 0 amide bonds. The molecule has 1 aliphatic rings. The maximum Gasteiger partial charge on any atom is 0.119 e. The number of hydrogen-bond donors (Lipinski definition) is 1. The lowest BCUT2D eigenvalue weighted by Crippen LogP contribution is -2.26. The Morgan fingerprint density at radius 2 is 1.76 bits per heavy atom. The van der Waals surface area contributed by atoms with Gasteiger partial charge in [-0.3, -0.25) is 4.90 Å². The highest BCUT2D eigenvalue weighted by atomic mass is 16.5. The van der Waals surface area contributed by atoms with Crippen LogP contribution in [0, 0.1) is 11.8 Å². The first-order chi connectivity index (χ1) is 8.15. The van der Waals surface area contributed by atoms with Crippen LogP contribution in [0.15, 0.2) is 24.3 Å². The minimum absolute atomic E-state index is 0.753. The van der Waals surface area contributed by atoms with Crippen LogP contribution >= 0.6 is 0 Å². The lowest BCUT2D eigenvalue weighted by Gasteiger charge is -2.15. The molecule has 0 aromatic heterocycles. The minimum atomic E-state index is 0.753. The van der Waals surface area contributed by atoms with E-state index < -0.39 is 0 Å². The van der Waals surface area contributed by atoms with Gasteiger partial charge in [-0.1, -0.05) is 13.8 Å². The van der Waals surface area contributed by atoms with Crippen LogP contribution < -0.4 is 10.5 Å². The molecule has 1 aromatic rings. The molecule has 0 saturated carbocycles. The number of hydrogen-bond acceptors (Lipinski definition) is 3. The second-order valence-corrected chi connectivity index (χ2v) is 5.13. The predicted octanol–water partition coefficient (Wildman–Crippen LogP) is 2.24. The lowest BCUT2D eigenvalue weighted by molar-refractivity contribution is 0.232. The van der Waals surface area contributed by atoms with Crippen LogP contribution in [0.1, 0.15) is 13.8 Å². The fourth-order valence-electron chi connectivity index (χ4n) is 2.29. The summed E-state index contributed by atoms with van der Waals surface area (Å²) in [6.07, 6.45) is 0. The van der Waals surface area contributed by atoms with Crippen molar-refractivity contribution in [3.63, 3.8) is 0 Å². The van der Waals surface area contributed by atoms with Crippen LogP contribution in [0.3, 0.4) is 0 Å². The number of nitrogens with two attached hydrogens (primary N) is 1. The molecule has 1 saturated heterocycles. The molecule has 2 unspecified atom stereocenters. The third kappa shape index (κ3) is 3.37. The van der Waals surface area contributed by atoms with Crippen molar-refractivity contribution in [1.29, 1.82) is 0 Å². The summed E-state index contributed by atoms with van der Waals surface area (Å²) < 4.78 is 5.70. The standard InChI is InChI=1S/C14H22N2O/c1-11-9-16(10-12(11)2)7-8-17-14-5-3-13(15)4-6-14/h3-6,11-12H,7-10,15H2,1-2H3. The Hall–Kier alpha value is -1.22. The van der Waals surface area contributed by atoms with Gasteiger partial charge in [-0.15, -0.1) is 0 Å². The molecule has 0 bridgehead atoms. The van der Waals surface area contributed by atoms with E-state index in [4.69, 9.17) is 10.5 Å². The number of nitrogens with zero attached hydrogens (tertiary/aromatic N) is 1. The molecular formula is C14H22N2O. The molecule has 1 fully saturated rings. The topological polar surface area (TPSA) is 38.5 Å². The van der Waals surface area contributed by atoms with E-state index in [0.717, 1.165) is 36.4 Å². The van der Waals surface area contributed by atoms with Gasteiger partial charge in [-0.05, 0) is 36.1 Å². The summed E-state index contributed by atoms with van der Waals surface area (Å²) in [4.78, 5) is 2.48. The molecule has 3 nitrogen and oxygen atoms in total. The third-order valence-corrected chi connectivity index (χ3v) is 3.62. The quantitative estimate of drug-likeness (QED) is 0.812. The van der Waals surface area contributed by atoms with Gasteiger partial charge >= 0.3 is 0 Å². The highest BCUT2D eigenvalue weighted by Gasteiger charge is 2.25. The van der Waals surface area contributed by atoms with Crippen molar-refractivity contribution < 1.29 is 4.74 Å². The fraction of sp³-hybridized carbons (Fsp3) is 0.571. The number of anilines is 1. The first kappa shape index (κ1) is 12.2. The Labute approximate surface area is 104 Å². The van der Waals surface area contributed by atoms with Crippen LogP contribution in [0.4, 0.5) is 5.69 Å². The van der Waals surface area contributed by atoms with Crippen LogP contribution in [-0.4, -0.2) is 31.1 Å². The largest absolute Gasteiger partial charge is 0.492 e. The number of ether oxygens (including phenoxy) is 1. The van der Waals surface area contributed by atoms with E-state index in [1.165, 1.54) is 13.1 Å². The van der Waals surface area contributed by atoms with E-state index in [-0.39, 0.29) is 0 Å². The lowest BCUT2D eigenvalue weighted by atomic mass is 10.0. The highest BCUT2D eigenvalue weighted by molar-refractivity contribution is 5.41. The van der Waals surface area contributed by atoms with E-state index in [0.29, 0.717) is 0 Å². The summed E-state index contributed by atoms with van der Waals surface area (Å²) in [5, 5.41) is 0. The van der Waals surface area contributed by atoms with Gasteiger partial charge in [0.05, 0.1) is 0 Å². The average molecular weight is 234 g/mol. The Morgan fingerprint density at radius 3 is 2.35 bits per heavy atom. The highest BCUT2D eigenvalue weighted by Crippen LogP contribution is 2.21. The molecule has 17 heavy (non-hydrogen) atoms. The molecule has 2 N–H and O–H groups in total. The van der Waals surface area contributed by atoms with Gasteiger partial charge in [0.25, 0.3) is 0 Å². The smallest absolute Gasteiger partial charge is 0.119 e. The summed E-state index contributed by atoms with van der Waals surface area (Å²) in [6, 6.07) is 7.58. The van der Waals surface area contributed by atoms with Crippen LogP contribution in [0.5, 0.6) is 5.75 Å². The van der Waals surface area contributed by atoms with Crippen molar-refractivity contribution in [1.82, 2.24) is 4.90 Å². The molecule has 0 spiro atoms.